The zero-order chi connectivity index (χ0) is 78.6. The Morgan fingerprint density at radius 2 is 0.477 bits per heavy atom. The lowest BCUT2D eigenvalue weighted by atomic mass is 9.99. The number of carbonyl (C=O) groups excluding carboxylic acids is 4. The number of phosphoric ester groups is 2. The van der Waals surface area contributed by atoms with Crippen LogP contribution in [0.5, 0.6) is 0 Å². The van der Waals surface area contributed by atoms with E-state index in [2.05, 4.69) is 48.5 Å². The Labute approximate surface area is 658 Å². The number of hydrogen-bond acceptors (Lipinski definition) is 15. The standard InChI is InChI=1S/C88H172O17P2/c1-8-10-11-12-13-14-15-24-34-41-48-55-62-69-85(90)98-75-83(105-88(93)72-65-58-51-44-37-30-22-20-26-32-39-46-53-60-67-80(5)6)77-102-106(94,95)100-73-82(89)74-101-107(96,97)103-78-84(76-99-86(91)70-63-56-49-42-35-28-23-21-27-33-40-47-54-61-68-81(7)9-2)104-87(92)71-64-57-50-43-36-29-19-17-16-18-25-31-38-45-52-59-66-79(3)4/h79-84,89H,8-78H2,1-7H3,(H,94,95)(H,96,97)/t81?,82-,83+,84+/m0/s1. The van der Waals surface area contributed by atoms with Gasteiger partial charge < -0.3 is 33.8 Å². The second-order valence-corrected chi connectivity index (χ2v) is 35.7. The molecule has 0 saturated carbocycles. The first kappa shape index (κ1) is 105. The van der Waals surface area contributed by atoms with Crippen molar-refractivity contribution < 1.29 is 80.2 Å². The van der Waals surface area contributed by atoms with Gasteiger partial charge in [-0.1, -0.05) is 414 Å². The molecule has 0 rings (SSSR count). The number of aliphatic hydroxyl groups excluding tert-OH is 1. The molecule has 0 saturated heterocycles. The predicted octanol–water partition coefficient (Wildman–Crippen LogP) is 26.9. The van der Waals surface area contributed by atoms with Crippen molar-refractivity contribution in [1.82, 2.24) is 0 Å². The summed E-state index contributed by atoms with van der Waals surface area (Å²) in [5, 5.41) is 10.7. The van der Waals surface area contributed by atoms with Crippen LogP contribution in [0.25, 0.3) is 0 Å². The van der Waals surface area contributed by atoms with Gasteiger partial charge in [-0.05, 0) is 43.4 Å². The predicted molar refractivity (Wildman–Crippen MR) is 441 cm³/mol. The zero-order valence-electron chi connectivity index (χ0n) is 70.6. The van der Waals surface area contributed by atoms with Crippen molar-refractivity contribution in [3.05, 3.63) is 0 Å². The van der Waals surface area contributed by atoms with Crippen LogP contribution in [0, 0.1) is 17.8 Å². The van der Waals surface area contributed by atoms with Gasteiger partial charge in [-0.2, -0.15) is 0 Å². The van der Waals surface area contributed by atoms with Gasteiger partial charge in [0, 0.05) is 25.7 Å². The van der Waals surface area contributed by atoms with Gasteiger partial charge in [0.25, 0.3) is 0 Å². The third-order valence-electron chi connectivity index (χ3n) is 21.0. The van der Waals surface area contributed by atoms with Crippen LogP contribution < -0.4 is 0 Å². The minimum Gasteiger partial charge on any atom is -0.462 e. The van der Waals surface area contributed by atoms with Gasteiger partial charge >= 0.3 is 39.5 Å². The SMILES string of the molecule is CCCCCCCCCCCCCCCC(=O)OC[C@H](COP(=O)(O)OC[C@H](O)COP(=O)(O)OC[C@@H](COC(=O)CCCCCCCCCCCCCCCCC(C)CC)OC(=O)CCCCCCCCCCCCCCCCCCC(C)C)OC(=O)CCCCCCCCCCCCCCCCC(C)C. The third-order valence-corrected chi connectivity index (χ3v) is 22.9. The van der Waals surface area contributed by atoms with Crippen molar-refractivity contribution in [1.29, 1.82) is 0 Å². The summed E-state index contributed by atoms with van der Waals surface area (Å²) in [7, 11) is -9.93. The van der Waals surface area contributed by atoms with Crippen LogP contribution >= 0.6 is 15.6 Å². The van der Waals surface area contributed by atoms with Crippen LogP contribution in [0.2, 0.25) is 0 Å². The van der Waals surface area contributed by atoms with Crippen molar-refractivity contribution in [2.24, 2.45) is 17.8 Å². The first-order valence-corrected chi connectivity index (χ1v) is 48.4. The fourth-order valence-electron chi connectivity index (χ4n) is 13.7. The molecule has 17 nitrogen and oxygen atoms in total. The van der Waals surface area contributed by atoms with E-state index >= 15 is 0 Å². The molecule has 0 amide bonds. The van der Waals surface area contributed by atoms with Crippen LogP contribution in [0.4, 0.5) is 0 Å². The normalized spacial score (nSPS) is 14.1. The van der Waals surface area contributed by atoms with E-state index in [1.807, 2.05) is 0 Å². The van der Waals surface area contributed by atoms with Crippen molar-refractivity contribution in [2.75, 3.05) is 39.6 Å². The number of ether oxygens (including phenoxy) is 4. The van der Waals surface area contributed by atoms with Crippen molar-refractivity contribution in [2.45, 2.75) is 484 Å². The van der Waals surface area contributed by atoms with E-state index in [4.69, 9.17) is 37.0 Å². The van der Waals surface area contributed by atoms with Crippen LogP contribution in [0.1, 0.15) is 466 Å². The molecule has 0 aliphatic carbocycles. The number of carbonyl (C=O) groups is 4. The summed E-state index contributed by atoms with van der Waals surface area (Å²) in [5.74, 6) is 0.355. The lowest BCUT2D eigenvalue weighted by Crippen LogP contribution is -2.30. The topological polar surface area (TPSA) is 237 Å². The molecular formula is C88H172O17P2. The largest absolute Gasteiger partial charge is 0.472 e. The summed E-state index contributed by atoms with van der Waals surface area (Å²) >= 11 is 0. The molecule has 636 valence electrons. The van der Waals surface area contributed by atoms with Gasteiger partial charge in [0.2, 0.25) is 0 Å². The van der Waals surface area contributed by atoms with E-state index in [0.717, 1.165) is 108 Å². The molecule has 107 heavy (non-hydrogen) atoms. The fourth-order valence-corrected chi connectivity index (χ4v) is 15.3. The molecule has 0 bridgehead atoms. The van der Waals surface area contributed by atoms with E-state index in [9.17, 15) is 43.2 Å². The third kappa shape index (κ3) is 80.5. The van der Waals surface area contributed by atoms with Gasteiger partial charge in [0.15, 0.2) is 12.2 Å². The van der Waals surface area contributed by atoms with Gasteiger partial charge in [-0.25, -0.2) is 9.13 Å². The minimum atomic E-state index is -4.97. The highest BCUT2D eigenvalue weighted by molar-refractivity contribution is 7.47. The molecule has 6 atom stereocenters. The highest BCUT2D eigenvalue weighted by atomic mass is 31.2. The lowest BCUT2D eigenvalue weighted by Gasteiger charge is -2.21. The Morgan fingerprint density at radius 3 is 0.710 bits per heavy atom. The van der Waals surface area contributed by atoms with Crippen LogP contribution in [0.15, 0.2) is 0 Å². The van der Waals surface area contributed by atoms with Gasteiger partial charge in [0.05, 0.1) is 26.4 Å². The Bertz CT molecular complexity index is 2060. The number of rotatable bonds is 86. The maximum Gasteiger partial charge on any atom is 0.472 e. The average Bonchev–Trinajstić information content (AvgIpc) is 0.902. The molecule has 0 spiro atoms. The van der Waals surface area contributed by atoms with E-state index in [0.29, 0.717) is 25.7 Å². The summed E-state index contributed by atoms with van der Waals surface area (Å²) in [6.07, 6.45) is 69.2. The van der Waals surface area contributed by atoms with E-state index < -0.39 is 97.5 Å². The minimum absolute atomic E-state index is 0.108. The second kappa shape index (κ2) is 78.0. The second-order valence-electron chi connectivity index (χ2n) is 32.8. The summed E-state index contributed by atoms with van der Waals surface area (Å²) in [5.41, 5.74) is 0. The lowest BCUT2D eigenvalue weighted by molar-refractivity contribution is -0.161. The molecule has 0 aliphatic rings. The van der Waals surface area contributed by atoms with Gasteiger partial charge in [-0.3, -0.25) is 37.3 Å². The van der Waals surface area contributed by atoms with Crippen LogP contribution in [-0.2, 0) is 65.4 Å². The first-order valence-electron chi connectivity index (χ1n) is 45.4. The number of esters is 4. The van der Waals surface area contributed by atoms with E-state index in [1.54, 1.807) is 0 Å². The highest BCUT2D eigenvalue weighted by Crippen LogP contribution is 2.45. The highest BCUT2D eigenvalue weighted by Gasteiger charge is 2.31. The summed E-state index contributed by atoms with van der Waals surface area (Å²) in [6, 6.07) is 0. The number of aliphatic hydroxyl groups is 1. The summed E-state index contributed by atoms with van der Waals surface area (Å²) < 4.78 is 69.0. The molecule has 19 heteroatoms. The summed E-state index contributed by atoms with van der Waals surface area (Å²) in [4.78, 5) is 73.4. The van der Waals surface area contributed by atoms with Crippen LogP contribution in [-0.4, -0.2) is 96.7 Å². The number of phosphoric acid groups is 2. The summed E-state index contributed by atoms with van der Waals surface area (Å²) in [6.45, 7) is 12.1. The molecule has 0 aromatic heterocycles. The zero-order valence-corrected chi connectivity index (χ0v) is 72.4. The average molecular weight is 1560 g/mol. The monoisotopic (exact) mass is 1560 g/mol. The quantitative estimate of drug-likeness (QED) is 0.0222. The van der Waals surface area contributed by atoms with Crippen molar-refractivity contribution in [3.63, 3.8) is 0 Å². The fraction of sp³-hybridized carbons (Fsp3) is 0.955. The number of hydrogen-bond donors (Lipinski definition) is 3. The first-order chi connectivity index (χ1) is 51.8. The van der Waals surface area contributed by atoms with Crippen molar-refractivity contribution in [3.8, 4) is 0 Å². The molecule has 0 heterocycles. The molecule has 0 aromatic rings. The Hall–Kier alpha value is -1.94. The maximum atomic E-state index is 13.2. The van der Waals surface area contributed by atoms with Gasteiger partial charge in [0.1, 0.15) is 19.3 Å². The number of unbranched alkanes of at least 4 members (excludes halogenated alkanes) is 53. The molecule has 3 N–H and O–H groups in total. The Balaban J connectivity index is 5.27. The van der Waals surface area contributed by atoms with Crippen molar-refractivity contribution >= 4 is 39.5 Å². The van der Waals surface area contributed by atoms with Gasteiger partial charge in [-0.15, -0.1) is 0 Å². The Morgan fingerprint density at radius 1 is 0.271 bits per heavy atom. The molecule has 0 fully saturated rings. The van der Waals surface area contributed by atoms with Crippen LogP contribution in [0.3, 0.4) is 0 Å². The smallest absolute Gasteiger partial charge is 0.462 e. The Kier molecular flexibility index (Phi) is 76.6. The van der Waals surface area contributed by atoms with E-state index in [-0.39, 0.29) is 25.7 Å². The molecule has 0 aromatic carbocycles. The molecular weight excluding hydrogens is 1390 g/mol. The molecule has 3 unspecified atom stereocenters. The van der Waals surface area contributed by atoms with E-state index in [1.165, 1.54) is 276 Å². The molecule has 0 aliphatic heterocycles. The maximum absolute atomic E-state index is 13.2. The molecule has 0 radical (unpaired) electrons.